The van der Waals surface area contributed by atoms with Gasteiger partial charge in [0.15, 0.2) is 5.16 Å². The van der Waals surface area contributed by atoms with Crippen LogP contribution in [0.2, 0.25) is 0 Å². The predicted molar refractivity (Wildman–Crippen MR) is 62.7 cm³/mol. The van der Waals surface area contributed by atoms with Crippen LogP contribution >= 0.6 is 11.8 Å². The molecule has 1 aromatic rings. The Bertz CT molecular complexity index is 418. The molecule has 2 rings (SSSR count). The Kier molecular flexibility index (Phi) is 3.94. The summed E-state index contributed by atoms with van der Waals surface area (Å²) in [5.74, 6) is -0.969. The first-order chi connectivity index (χ1) is 8.50. The molecule has 18 heavy (non-hydrogen) atoms. The Morgan fingerprint density at radius 1 is 1.06 bits per heavy atom. The molecule has 0 bridgehead atoms. The number of piperidine rings is 1. The average molecular weight is 278 g/mol. The van der Waals surface area contributed by atoms with Gasteiger partial charge in [-0.25, -0.2) is 0 Å². The van der Waals surface area contributed by atoms with Crippen LogP contribution in [-0.2, 0) is 6.18 Å². The second-order valence-electron chi connectivity index (χ2n) is 3.99. The van der Waals surface area contributed by atoms with Crippen LogP contribution in [0.5, 0.6) is 0 Å². The van der Waals surface area contributed by atoms with Crippen molar-refractivity contribution in [3.8, 4) is 0 Å². The second-order valence-corrected chi connectivity index (χ2v) is 4.76. The fourth-order valence-electron chi connectivity index (χ4n) is 1.80. The van der Waals surface area contributed by atoms with E-state index in [0.717, 1.165) is 31.0 Å². The highest BCUT2D eigenvalue weighted by Crippen LogP contribution is 2.29. The van der Waals surface area contributed by atoms with Gasteiger partial charge in [-0.05, 0) is 25.5 Å². The van der Waals surface area contributed by atoms with Crippen LogP contribution in [-0.4, -0.2) is 34.3 Å². The van der Waals surface area contributed by atoms with Crippen LogP contribution in [0, 0.1) is 0 Å². The van der Waals surface area contributed by atoms with E-state index in [4.69, 9.17) is 0 Å². The number of hydrogen-bond acceptors (Lipinski definition) is 5. The van der Waals surface area contributed by atoms with E-state index in [-0.39, 0.29) is 11.1 Å². The van der Waals surface area contributed by atoms with E-state index in [1.807, 2.05) is 0 Å². The van der Waals surface area contributed by atoms with Crippen molar-refractivity contribution in [2.75, 3.05) is 24.2 Å². The van der Waals surface area contributed by atoms with Crippen LogP contribution in [0.1, 0.15) is 25.1 Å². The topological polar surface area (TPSA) is 41.9 Å². The minimum atomic E-state index is -4.53. The second kappa shape index (κ2) is 5.29. The highest BCUT2D eigenvalue weighted by Gasteiger charge is 2.36. The third kappa shape index (κ3) is 3.04. The molecule has 0 aromatic carbocycles. The maximum absolute atomic E-state index is 12.7. The van der Waals surface area contributed by atoms with Crippen molar-refractivity contribution in [1.82, 2.24) is 15.0 Å². The third-order valence-electron chi connectivity index (χ3n) is 2.68. The van der Waals surface area contributed by atoms with Gasteiger partial charge in [0.05, 0.1) is 0 Å². The Morgan fingerprint density at radius 2 is 1.72 bits per heavy atom. The maximum Gasteiger partial charge on any atom is 0.451 e. The van der Waals surface area contributed by atoms with Gasteiger partial charge >= 0.3 is 6.18 Å². The van der Waals surface area contributed by atoms with Crippen molar-refractivity contribution < 1.29 is 13.2 Å². The van der Waals surface area contributed by atoms with E-state index in [2.05, 4.69) is 15.0 Å². The molecule has 1 aromatic heterocycles. The normalized spacial score (nSPS) is 17.0. The van der Waals surface area contributed by atoms with Gasteiger partial charge in [-0.1, -0.05) is 11.8 Å². The SMILES string of the molecule is CSc1nc(N2CCCCC2)nc(C(F)(F)F)n1. The van der Waals surface area contributed by atoms with Gasteiger partial charge in [-0.15, -0.1) is 0 Å². The number of rotatable bonds is 2. The molecule has 100 valence electrons. The minimum absolute atomic E-state index is 0.109. The van der Waals surface area contributed by atoms with Gasteiger partial charge in [-0.3, -0.25) is 0 Å². The maximum atomic E-state index is 12.7. The Morgan fingerprint density at radius 3 is 2.28 bits per heavy atom. The summed E-state index contributed by atoms with van der Waals surface area (Å²) in [5, 5.41) is 0.109. The van der Waals surface area contributed by atoms with E-state index < -0.39 is 12.0 Å². The number of hydrogen-bond donors (Lipinski definition) is 0. The molecule has 0 atom stereocenters. The Hall–Kier alpha value is -1.05. The lowest BCUT2D eigenvalue weighted by molar-refractivity contribution is -0.145. The van der Waals surface area contributed by atoms with E-state index in [0.29, 0.717) is 13.1 Å². The minimum Gasteiger partial charge on any atom is -0.341 e. The molecule has 0 saturated carbocycles. The molecule has 4 nitrogen and oxygen atoms in total. The van der Waals surface area contributed by atoms with Gasteiger partial charge < -0.3 is 4.90 Å². The molecule has 1 fully saturated rings. The molecular formula is C10H13F3N4S. The average Bonchev–Trinajstić information content (AvgIpc) is 2.38. The van der Waals surface area contributed by atoms with Crippen molar-refractivity contribution in [2.45, 2.75) is 30.6 Å². The highest BCUT2D eigenvalue weighted by atomic mass is 32.2. The van der Waals surface area contributed by atoms with Crippen molar-refractivity contribution >= 4 is 17.7 Å². The van der Waals surface area contributed by atoms with Gasteiger partial charge in [-0.2, -0.15) is 28.1 Å². The van der Waals surface area contributed by atoms with Gasteiger partial charge in [0.2, 0.25) is 11.8 Å². The first-order valence-electron chi connectivity index (χ1n) is 5.63. The first kappa shape index (κ1) is 13.4. The zero-order valence-electron chi connectivity index (χ0n) is 9.87. The lowest BCUT2D eigenvalue weighted by atomic mass is 10.1. The molecule has 1 aliphatic heterocycles. The largest absolute Gasteiger partial charge is 0.451 e. The predicted octanol–water partition coefficient (Wildman–Crippen LogP) is 2.60. The molecule has 8 heteroatoms. The molecule has 0 unspecified atom stereocenters. The first-order valence-corrected chi connectivity index (χ1v) is 6.85. The molecule has 0 radical (unpaired) electrons. The summed E-state index contributed by atoms with van der Waals surface area (Å²) < 4.78 is 38.0. The number of nitrogens with zero attached hydrogens (tertiary/aromatic N) is 4. The smallest absolute Gasteiger partial charge is 0.341 e. The zero-order valence-corrected chi connectivity index (χ0v) is 10.7. The Labute approximate surface area is 107 Å². The van der Waals surface area contributed by atoms with Crippen molar-refractivity contribution in [3.05, 3.63) is 5.82 Å². The molecule has 1 aliphatic rings. The van der Waals surface area contributed by atoms with Gasteiger partial charge in [0.25, 0.3) is 0 Å². The number of halogens is 3. The van der Waals surface area contributed by atoms with Crippen molar-refractivity contribution in [2.24, 2.45) is 0 Å². The van der Waals surface area contributed by atoms with E-state index >= 15 is 0 Å². The summed E-state index contributed by atoms with van der Waals surface area (Å²) in [6.45, 7) is 1.41. The van der Waals surface area contributed by atoms with Crippen LogP contribution in [0.25, 0.3) is 0 Å². The van der Waals surface area contributed by atoms with Crippen molar-refractivity contribution in [1.29, 1.82) is 0 Å². The van der Waals surface area contributed by atoms with Crippen molar-refractivity contribution in [3.63, 3.8) is 0 Å². The fraction of sp³-hybridized carbons (Fsp3) is 0.700. The van der Waals surface area contributed by atoms with E-state index in [1.54, 1.807) is 11.2 Å². The summed E-state index contributed by atoms with van der Waals surface area (Å²) in [7, 11) is 0. The van der Waals surface area contributed by atoms with Crippen LogP contribution < -0.4 is 4.90 Å². The van der Waals surface area contributed by atoms with Crippen LogP contribution in [0.4, 0.5) is 19.1 Å². The molecule has 0 amide bonds. The van der Waals surface area contributed by atoms with Gasteiger partial charge in [0.1, 0.15) is 0 Å². The summed E-state index contributed by atoms with van der Waals surface area (Å²) in [6.07, 6.45) is 0.139. The molecule has 0 N–H and O–H groups in total. The van der Waals surface area contributed by atoms with Crippen LogP contribution in [0.3, 0.4) is 0 Å². The Balaban J connectivity index is 2.34. The van der Waals surface area contributed by atoms with E-state index in [1.165, 1.54) is 0 Å². The standard InChI is InChI=1S/C10H13F3N4S/c1-18-9-15-7(10(11,12)13)14-8(16-9)17-5-3-2-4-6-17/h2-6H2,1H3. The number of thioether (sulfide) groups is 1. The molecule has 0 aliphatic carbocycles. The van der Waals surface area contributed by atoms with E-state index in [9.17, 15) is 13.2 Å². The summed E-state index contributed by atoms with van der Waals surface area (Å²) >= 11 is 1.09. The summed E-state index contributed by atoms with van der Waals surface area (Å²) in [6, 6.07) is 0. The summed E-state index contributed by atoms with van der Waals surface area (Å²) in [4.78, 5) is 12.8. The molecule has 0 spiro atoms. The highest BCUT2D eigenvalue weighted by molar-refractivity contribution is 7.98. The molecule has 1 saturated heterocycles. The zero-order chi connectivity index (χ0) is 13.2. The summed E-state index contributed by atoms with van der Waals surface area (Å²) in [5.41, 5.74) is 0. The molecule has 2 heterocycles. The van der Waals surface area contributed by atoms with Crippen LogP contribution in [0.15, 0.2) is 5.16 Å². The quantitative estimate of drug-likeness (QED) is 0.778. The number of aromatic nitrogens is 3. The lowest BCUT2D eigenvalue weighted by Gasteiger charge is -2.26. The van der Waals surface area contributed by atoms with Gasteiger partial charge in [0, 0.05) is 13.1 Å². The third-order valence-corrected chi connectivity index (χ3v) is 3.23. The number of alkyl halides is 3. The monoisotopic (exact) mass is 278 g/mol. The lowest BCUT2D eigenvalue weighted by Crippen LogP contribution is -2.32. The molecular weight excluding hydrogens is 265 g/mol. The fourth-order valence-corrected chi connectivity index (χ4v) is 2.15. The number of anilines is 1.